The van der Waals surface area contributed by atoms with Crippen LogP contribution in [0.5, 0.6) is 0 Å². The van der Waals surface area contributed by atoms with Crippen LogP contribution in [0.3, 0.4) is 0 Å². The van der Waals surface area contributed by atoms with Crippen molar-refractivity contribution in [1.29, 1.82) is 0 Å². The van der Waals surface area contributed by atoms with Gasteiger partial charge in [0.1, 0.15) is 11.7 Å². The van der Waals surface area contributed by atoms with Crippen LogP contribution in [0.2, 0.25) is 0 Å². The third kappa shape index (κ3) is 4.99. The molecule has 0 N–H and O–H groups in total. The fraction of sp³-hybridized carbons (Fsp3) is 0.917. The lowest BCUT2D eigenvalue weighted by molar-refractivity contribution is -0.191. The van der Waals surface area contributed by atoms with Crippen LogP contribution in [0.15, 0.2) is 0 Å². The number of alkyl halides is 3. The van der Waals surface area contributed by atoms with Gasteiger partial charge in [-0.25, -0.2) is 0 Å². The summed E-state index contributed by atoms with van der Waals surface area (Å²) in [6, 6.07) is 0. The summed E-state index contributed by atoms with van der Waals surface area (Å²) in [5.74, 6) is -2.58. The molecule has 0 saturated heterocycles. The van der Waals surface area contributed by atoms with E-state index >= 15 is 0 Å². The minimum Gasteiger partial charge on any atom is -0.298 e. The van der Waals surface area contributed by atoms with Crippen molar-refractivity contribution in [3.05, 3.63) is 0 Å². The molecule has 1 atom stereocenters. The molecule has 0 aromatic carbocycles. The molecule has 0 aliphatic carbocycles. The van der Waals surface area contributed by atoms with Gasteiger partial charge < -0.3 is 0 Å². The van der Waals surface area contributed by atoms with Gasteiger partial charge in [0.2, 0.25) is 0 Å². The van der Waals surface area contributed by atoms with Crippen molar-refractivity contribution in [2.75, 3.05) is 0 Å². The lowest BCUT2D eigenvalue weighted by Gasteiger charge is -2.31. The number of ketones is 1. The summed E-state index contributed by atoms with van der Waals surface area (Å²) in [6.07, 6.45) is -4.61. The average molecular weight is 238 g/mol. The maximum Gasteiger partial charge on any atom is 0.398 e. The predicted octanol–water partition coefficient (Wildman–Crippen LogP) is 4.22. The molecule has 1 unspecified atom stereocenters. The largest absolute Gasteiger partial charge is 0.398 e. The van der Waals surface area contributed by atoms with Crippen molar-refractivity contribution < 1.29 is 18.0 Å². The number of halogens is 3. The summed E-state index contributed by atoms with van der Waals surface area (Å²) in [5, 5.41) is 0. The van der Waals surface area contributed by atoms with Gasteiger partial charge in [0, 0.05) is 5.41 Å². The van der Waals surface area contributed by atoms with Gasteiger partial charge in [-0.1, -0.05) is 41.5 Å². The second kappa shape index (κ2) is 4.38. The molecule has 16 heavy (non-hydrogen) atoms. The Hall–Kier alpha value is -0.540. The van der Waals surface area contributed by atoms with Crippen LogP contribution in [0.1, 0.15) is 48.0 Å². The van der Waals surface area contributed by atoms with Gasteiger partial charge in [-0.3, -0.25) is 4.79 Å². The maximum absolute atomic E-state index is 12.8. The van der Waals surface area contributed by atoms with Gasteiger partial charge in [0.25, 0.3) is 0 Å². The van der Waals surface area contributed by atoms with E-state index in [1.54, 1.807) is 20.8 Å². The Morgan fingerprint density at radius 3 is 1.56 bits per heavy atom. The third-order valence-corrected chi connectivity index (χ3v) is 2.27. The zero-order valence-electron chi connectivity index (χ0n) is 10.8. The first kappa shape index (κ1) is 15.5. The van der Waals surface area contributed by atoms with Crippen LogP contribution in [-0.4, -0.2) is 12.0 Å². The van der Waals surface area contributed by atoms with E-state index in [1.165, 1.54) is 20.8 Å². The summed E-state index contributed by atoms with van der Waals surface area (Å²) in [6.45, 7) is 9.70. The lowest BCUT2D eigenvalue weighted by Crippen LogP contribution is -2.40. The van der Waals surface area contributed by atoms with E-state index in [9.17, 15) is 18.0 Å². The monoisotopic (exact) mass is 238 g/mol. The molecule has 0 aromatic rings. The first-order valence-corrected chi connectivity index (χ1v) is 5.36. The van der Waals surface area contributed by atoms with Crippen molar-refractivity contribution in [3.63, 3.8) is 0 Å². The van der Waals surface area contributed by atoms with Gasteiger partial charge >= 0.3 is 6.18 Å². The van der Waals surface area contributed by atoms with Gasteiger partial charge in [0.15, 0.2) is 0 Å². The molecule has 0 aliphatic heterocycles. The molecule has 0 aromatic heterocycles. The first-order valence-electron chi connectivity index (χ1n) is 5.36. The molecule has 4 heteroatoms. The molecule has 0 radical (unpaired) electrons. The first-order chi connectivity index (χ1) is 6.75. The second-order valence-electron chi connectivity index (χ2n) is 6.47. The smallest absolute Gasteiger partial charge is 0.298 e. The van der Waals surface area contributed by atoms with Crippen LogP contribution in [-0.2, 0) is 4.79 Å². The van der Waals surface area contributed by atoms with Crippen LogP contribution in [0.4, 0.5) is 13.2 Å². The highest BCUT2D eigenvalue weighted by atomic mass is 19.4. The van der Waals surface area contributed by atoms with E-state index in [-0.39, 0.29) is 6.42 Å². The van der Waals surface area contributed by atoms with Gasteiger partial charge in [0.05, 0.1) is 0 Å². The topological polar surface area (TPSA) is 17.1 Å². The summed E-state index contributed by atoms with van der Waals surface area (Å²) in [4.78, 5) is 11.8. The summed E-state index contributed by atoms with van der Waals surface area (Å²) < 4.78 is 38.4. The van der Waals surface area contributed by atoms with E-state index in [1.807, 2.05) is 0 Å². The Morgan fingerprint density at radius 1 is 1.00 bits per heavy atom. The van der Waals surface area contributed by atoms with Crippen molar-refractivity contribution in [2.45, 2.75) is 54.1 Å². The molecule has 0 spiro atoms. The van der Waals surface area contributed by atoms with Crippen molar-refractivity contribution >= 4 is 5.78 Å². The number of rotatable bonds is 2. The van der Waals surface area contributed by atoms with Gasteiger partial charge in [-0.15, -0.1) is 0 Å². The zero-order chi connectivity index (χ0) is 13.4. The molecule has 0 saturated carbocycles. The molecular weight excluding hydrogens is 217 g/mol. The molecular formula is C12H21F3O. The minimum atomic E-state index is -4.45. The van der Waals surface area contributed by atoms with Crippen LogP contribution in [0, 0.1) is 16.7 Å². The van der Waals surface area contributed by atoms with E-state index < -0.39 is 28.7 Å². The minimum absolute atomic E-state index is 0.160. The summed E-state index contributed by atoms with van der Waals surface area (Å²) in [7, 11) is 0. The Bertz CT molecular complexity index is 253. The number of carbonyl (C=O) groups excluding carboxylic acids is 1. The zero-order valence-corrected chi connectivity index (χ0v) is 10.8. The average Bonchev–Trinajstić information content (AvgIpc) is 1.93. The molecule has 1 nitrogen and oxygen atoms in total. The Labute approximate surface area is 95.4 Å². The van der Waals surface area contributed by atoms with Gasteiger partial charge in [-0.2, -0.15) is 13.2 Å². The van der Waals surface area contributed by atoms with Crippen molar-refractivity contribution in [1.82, 2.24) is 0 Å². The number of hydrogen-bond donors (Lipinski definition) is 0. The lowest BCUT2D eigenvalue weighted by atomic mass is 9.75. The quantitative estimate of drug-likeness (QED) is 0.704. The van der Waals surface area contributed by atoms with E-state index in [0.717, 1.165) is 0 Å². The summed E-state index contributed by atoms with van der Waals surface area (Å²) >= 11 is 0. The normalized spacial score (nSPS) is 16.1. The van der Waals surface area contributed by atoms with Crippen molar-refractivity contribution in [2.24, 2.45) is 16.7 Å². The maximum atomic E-state index is 12.8. The van der Waals surface area contributed by atoms with Crippen LogP contribution >= 0.6 is 0 Å². The van der Waals surface area contributed by atoms with E-state index in [2.05, 4.69) is 0 Å². The van der Waals surface area contributed by atoms with E-state index in [4.69, 9.17) is 0 Å². The highest BCUT2D eigenvalue weighted by molar-refractivity contribution is 5.86. The predicted molar refractivity (Wildman–Crippen MR) is 58.1 cm³/mol. The standard InChI is InChI=1S/C12H21F3O/c1-10(2,3)7-8(12(13,14)15)9(16)11(4,5)6/h8H,7H2,1-6H3. The van der Waals surface area contributed by atoms with Gasteiger partial charge in [-0.05, 0) is 11.8 Å². The fourth-order valence-electron chi connectivity index (χ4n) is 1.49. The number of carbonyl (C=O) groups is 1. The molecule has 0 amide bonds. The molecule has 96 valence electrons. The van der Waals surface area contributed by atoms with E-state index in [0.29, 0.717) is 0 Å². The molecule has 0 fully saturated rings. The highest BCUT2D eigenvalue weighted by Gasteiger charge is 2.48. The fourth-order valence-corrected chi connectivity index (χ4v) is 1.49. The molecule has 0 bridgehead atoms. The SMILES string of the molecule is CC(C)(C)CC(C(=O)C(C)(C)C)C(F)(F)F. The molecule has 0 rings (SSSR count). The molecule has 0 heterocycles. The Balaban J connectivity index is 5.06. The third-order valence-electron chi connectivity index (χ3n) is 2.27. The van der Waals surface area contributed by atoms with Crippen molar-refractivity contribution in [3.8, 4) is 0 Å². The second-order valence-corrected chi connectivity index (χ2v) is 6.47. The summed E-state index contributed by atoms with van der Waals surface area (Å²) in [5.41, 5.74) is -1.47. The van der Waals surface area contributed by atoms with Crippen LogP contribution < -0.4 is 0 Å². The number of hydrogen-bond acceptors (Lipinski definition) is 1. The molecule has 0 aliphatic rings. The Morgan fingerprint density at radius 2 is 1.38 bits per heavy atom. The van der Waals surface area contributed by atoms with Crippen LogP contribution in [0.25, 0.3) is 0 Å². The Kier molecular flexibility index (Phi) is 4.23. The number of Topliss-reactive ketones (excluding diaryl/α,β-unsaturated/α-hetero) is 1. The highest BCUT2D eigenvalue weighted by Crippen LogP contribution is 2.39.